The average Bonchev–Trinajstić information content (AvgIpc) is 2.86. The molecule has 5 nitrogen and oxygen atoms in total. The Morgan fingerprint density at radius 3 is 2.88 bits per heavy atom. The van der Waals surface area contributed by atoms with Crippen molar-refractivity contribution in [3.63, 3.8) is 0 Å². The topological polar surface area (TPSA) is 70.7 Å². The molecule has 0 aliphatic carbocycles. The normalized spacial score (nSPS) is 10.2. The quantitative estimate of drug-likeness (QED) is 0.827. The van der Waals surface area contributed by atoms with Gasteiger partial charge in [0.05, 0.1) is 0 Å². The van der Waals surface area contributed by atoms with Crippen LogP contribution in [0.15, 0.2) is 30.7 Å². The lowest BCUT2D eigenvalue weighted by Crippen LogP contribution is -2.17. The Bertz CT molecular complexity index is 492. The molecule has 1 amide bonds. The van der Waals surface area contributed by atoms with E-state index in [-0.39, 0.29) is 5.91 Å². The standard InChI is InChI=1S/C12H14N4O/c1-13-11(17)3-2-10-8-15-12(16-10)9-4-6-14-7-5-9/h4-8H,2-3H2,1H3,(H,13,17)(H,15,16). The number of carbonyl (C=O) groups excluding carboxylic acids is 1. The van der Waals surface area contributed by atoms with Crippen LogP contribution >= 0.6 is 0 Å². The minimum Gasteiger partial charge on any atom is -0.359 e. The van der Waals surface area contributed by atoms with Crippen LogP contribution in [0.2, 0.25) is 0 Å². The second-order valence-corrected chi connectivity index (χ2v) is 3.67. The van der Waals surface area contributed by atoms with Crippen LogP contribution in [0.25, 0.3) is 11.4 Å². The van der Waals surface area contributed by atoms with Crippen LogP contribution in [0.5, 0.6) is 0 Å². The Balaban J connectivity index is 2.04. The van der Waals surface area contributed by atoms with Gasteiger partial charge in [0.1, 0.15) is 5.82 Å². The first kappa shape index (κ1) is 11.3. The second kappa shape index (κ2) is 5.25. The molecule has 0 spiro atoms. The molecule has 88 valence electrons. The Morgan fingerprint density at radius 1 is 1.41 bits per heavy atom. The van der Waals surface area contributed by atoms with E-state index < -0.39 is 0 Å². The summed E-state index contributed by atoms with van der Waals surface area (Å²) < 4.78 is 0. The number of hydrogen-bond donors (Lipinski definition) is 2. The van der Waals surface area contributed by atoms with E-state index in [0.29, 0.717) is 12.8 Å². The fraction of sp³-hybridized carbons (Fsp3) is 0.250. The van der Waals surface area contributed by atoms with Crippen LogP contribution < -0.4 is 5.32 Å². The van der Waals surface area contributed by atoms with Crippen LogP contribution in [0.4, 0.5) is 0 Å². The number of pyridine rings is 1. The van der Waals surface area contributed by atoms with Crippen molar-refractivity contribution in [3.8, 4) is 11.4 Å². The number of nitrogens with zero attached hydrogens (tertiary/aromatic N) is 2. The molecule has 0 unspecified atom stereocenters. The fourth-order valence-corrected chi connectivity index (χ4v) is 1.52. The van der Waals surface area contributed by atoms with E-state index in [9.17, 15) is 4.79 Å². The van der Waals surface area contributed by atoms with Gasteiger partial charge in [-0.1, -0.05) is 0 Å². The van der Waals surface area contributed by atoms with E-state index in [4.69, 9.17) is 0 Å². The van der Waals surface area contributed by atoms with Gasteiger partial charge in [-0.25, -0.2) is 4.98 Å². The molecule has 2 rings (SSSR count). The fourth-order valence-electron chi connectivity index (χ4n) is 1.52. The Morgan fingerprint density at radius 2 is 2.18 bits per heavy atom. The number of nitrogens with one attached hydrogen (secondary N) is 2. The third-order valence-electron chi connectivity index (χ3n) is 2.48. The number of hydrogen-bond acceptors (Lipinski definition) is 3. The highest BCUT2D eigenvalue weighted by atomic mass is 16.1. The lowest BCUT2D eigenvalue weighted by molar-refractivity contribution is -0.120. The van der Waals surface area contributed by atoms with Crippen LogP contribution in [0.3, 0.4) is 0 Å². The molecule has 0 bridgehead atoms. The maximum atomic E-state index is 11.1. The van der Waals surface area contributed by atoms with Gasteiger partial charge in [0.25, 0.3) is 0 Å². The zero-order valence-corrected chi connectivity index (χ0v) is 9.60. The molecule has 0 aliphatic heterocycles. The summed E-state index contributed by atoms with van der Waals surface area (Å²) in [6.45, 7) is 0. The van der Waals surface area contributed by atoms with Crippen LogP contribution in [-0.4, -0.2) is 27.9 Å². The molecule has 0 atom stereocenters. The summed E-state index contributed by atoms with van der Waals surface area (Å²) in [6.07, 6.45) is 6.34. The minimum absolute atomic E-state index is 0.0325. The molecule has 0 fully saturated rings. The minimum atomic E-state index is 0.0325. The molecule has 2 aromatic rings. The van der Waals surface area contributed by atoms with Gasteiger partial charge in [0.2, 0.25) is 5.91 Å². The first-order valence-corrected chi connectivity index (χ1v) is 5.44. The monoisotopic (exact) mass is 230 g/mol. The van der Waals surface area contributed by atoms with Crippen molar-refractivity contribution in [2.45, 2.75) is 12.8 Å². The van der Waals surface area contributed by atoms with E-state index in [1.165, 1.54) is 0 Å². The van der Waals surface area contributed by atoms with Gasteiger partial charge < -0.3 is 10.3 Å². The molecule has 0 aromatic carbocycles. The van der Waals surface area contributed by atoms with E-state index in [2.05, 4.69) is 20.3 Å². The maximum absolute atomic E-state index is 11.1. The largest absolute Gasteiger partial charge is 0.359 e. The van der Waals surface area contributed by atoms with Crippen molar-refractivity contribution in [3.05, 3.63) is 36.4 Å². The number of aromatic nitrogens is 3. The number of aromatic amines is 1. The molecule has 0 radical (unpaired) electrons. The third kappa shape index (κ3) is 2.90. The highest BCUT2D eigenvalue weighted by molar-refractivity contribution is 5.75. The molecule has 0 saturated carbocycles. The van der Waals surface area contributed by atoms with Crippen LogP contribution in [0, 0.1) is 0 Å². The Labute approximate surface area is 99.3 Å². The lowest BCUT2D eigenvalue weighted by atomic mass is 10.2. The first-order chi connectivity index (χ1) is 8.29. The molecule has 0 aliphatic rings. The summed E-state index contributed by atoms with van der Waals surface area (Å²) in [7, 11) is 1.64. The zero-order chi connectivity index (χ0) is 12.1. The summed E-state index contributed by atoms with van der Waals surface area (Å²) in [6, 6.07) is 3.78. The number of aryl methyl sites for hydroxylation is 1. The van der Waals surface area contributed by atoms with Gasteiger partial charge >= 0.3 is 0 Å². The zero-order valence-electron chi connectivity index (χ0n) is 9.60. The average molecular weight is 230 g/mol. The summed E-state index contributed by atoms with van der Waals surface area (Å²) in [5.74, 6) is 0.837. The summed E-state index contributed by atoms with van der Waals surface area (Å²) in [5, 5.41) is 2.59. The van der Waals surface area contributed by atoms with Crippen molar-refractivity contribution in [1.82, 2.24) is 20.3 Å². The van der Waals surface area contributed by atoms with Crippen molar-refractivity contribution < 1.29 is 4.79 Å². The van der Waals surface area contributed by atoms with Gasteiger partial charge in [-0.15, -0.1) is 0 Å². The van der Waals surface area contributed by atoms with Crippen LogP contribution in [0.1, 0.15) is 12.1 Å². The predicted molar refractivity (Wildman–Crippen MR) is 64.2 cm³/mol. The molecular weight excluding hydrogens is 216 g/mol. The number of imidazole rings is 1. The summed E-state index contributed by atoms with van der Waals surface area (Å²) in [4.78, 5) is 22.5. The molecule has 2 aromatic heterocycles. The first-order valence-electron chi connectivity index (χ1n) is 5.44. The SMILES string of the molecule is CNC(=O)CCc1cnc(-c2ccncc2)[nH]1. The summed E-state index contributed by atoms with van der Waals surface area (Å²) >= 11 is 0. The van der Waals surface area contributed by atoms with E-state index in [0.717, 1.165) is 17.1 Å². The number of H-pyrrole nitrogens is 1. The van der Waals surface area contributed by atoms with Gasteiger partial charge in [-0.3, -0.25) is 9.78 Å². The Kier molecular flexibility index (Phi) is 3.49. The maximum Gasteiger partial charge on any atom is 0.220 e. The third-order valence-corrected chi connectivity index (χ3v) is 2.48. The highest BCUT2D eigenvalue weighted by Gasteiger charge is 2.05. The predicted octanol–water partition coefficient (Wildman–Crippen LogP) is 1.15. The van der Waals surface area contributed by atoms with Crippen molar-refractivity contribution in [1.29, 1.82) is 0 Å². The summed E-state index contributed by atoms with van der Waals surface area (Å²) in [5.41, 5.74) is 1.95. The van der Waals surface area contributed by atoms with Gasteiger partial charge in [0.15, 0.2) is 0 Å². The second-order valence-electron chi connectivity index (χ2n) is 3.67. The van der Waals surface area contributed by atoms with E-state index >= 15 is 0 Å². The molecule has 17 heavy (non-hydrogen) atoms. The van der Waals surface area contributed by atoms with E-state index in [1.807, 2.05) is 12.1 Å². The van der Waals surface area contributed by atoms with E-state index in [1.54, 1.807) is 25.6 Å². The number of amides is 1. The molecule has 2 N–H and O–H groups in total. The van der Waals surface area contributed by atoms with Gasteiger partial charge in [-0.05, 0) is 18.6 Å². The lowest BCUT2D eigenvalue weighted by Gasteiger charge is -1.97. The Hall–Kier alpha value is -2.17. The molecule has 2 heterocycles. The molecular formula is C12H14N4O. The van der Waals surface area contributed by atoms with Gasteiger partial charge in [0, 0.05) is 43.3 Å². The molecule has 0 saturated heterocycles. The van der Waals surface area contributed by atoms with Crippen molar-refractivity contribution in [2.24, 2.45) is 0 Å². The number of carbonyl (C=O) groups is 1. The van der Waals surface area contributed by atoms with Crippen LogP contribution in [-0.2, 0) is 11.2 Å². The smallest absolute Gasteiger partial charge is 0.220 e. The van der Waals surface area contributed by atoms with Crippen molar-refractivity contribution >= 4 is 5.91 Å². The van der Waals surface area contributed by atoms with Crippen molar-refractivity contribution in [2.75, 3.05) is 7.05 Å². The molecule has 5 heteroatoms. The van der Waals surface area contributed by atoms with Gasteiger partial charge in [-0.2, -0.15) is 0 Å². The highest BCUT2D eigenvalue weighted by Crippen LogP contribution is 2.14. The number of rotatable bonds is 4.